The molecule has 0 aliphatic rings. The molecule has 0 unspecified atom stereocenters. The van der Waals surface area contributed by atoms with Gasteiger partial charge in [0.15, 0.2) is 0 Å². The van der Waals surface area contributed by atoms with Gasteiger partial charge in [-0.2, -0.15) is 0 Å². The van der Waals surface area contributed by atoms with E-state index in [1.165, 1.54) is 0 Å². The van der Waals surface area contributed by atoms with E-state index in [-0.39, 0.29) is 29.6 Å². The summed E-state index contributed by atoms with van der Waals surface area (Å²) in [6, 6.07) is 0. The molecule has 0 bridgehead atoms. The van der Waals surface area contributed by atoms with Crippen molar-refractivity contribution in [3.05, 3.63) is 0 Å². The van der Waals surface area contributed by atoms with Crippen LogP contribution in [0.15, 0.2) is 0 Å². The van der Waals surface area contributed by atoms with E-state index in [2.05, 4.69) is 0 Å². The van der Waals surface area contributed by atoms with E-state index in [0.29, 0.717) is 0 Å². The predicted molar refractivity (Wildman–Crippen MR) is 20.2 cm³/mol. The molecule has 2 nitrogen and oxygen atoms in total. The molecule has 0 rings (SSSR count). The van der Waals surface area contributed by atoms with Crippen LogP contribution in [0.3, 0.4) is 0 Å². The summed E-state index contributed by atoms with van der Waals surface area (Å²) in [6.45, 7) is 1.08. The number of hydrogen-bond acceptors (Lipinski definition) is 2. The molecule has 0 radical (unpaired) electrons. The van der Waals surface area contributed by atoms with E-state index in [0.717, 1.165) is 6.92 Å². The van der Waals surface area contributed by atoms with Crippen LogP contribution in [0.1, 0.15) is 13.3 Å². The number of aliphatic carboxylic acids is 1. The SMILES string of the molecule is CCC(F)(F)C(=O)[O-].[Na+]. The molecular weight excluding hydrogens is 141 g/mol. The summed E-state index contributed by atoms with van der Waals surface area (Å²) in [6.07, 6.45) is -0.713. The van der Waals surface area contributed by atoms with Gasteiger partial charge in [0.1, 0.15) is 5.97 Å². The van der Waals surface area contributed by atoms with Crippen molar-refractivity contribution in [3.8, 4) is 0 Å². The maximum absolute atomic E-state index is 11.6. The predicted octanol–water partition coefficient (Wildman–Crippen LogP) is -3.21. The van der Waals surface area contributed by atoms with Crippen LogP contribution in [0.25, 0.3) is 0 Å². The van der Waals surface area contributed by atoms with Crippen LogP contribution in [0.2, 0.25) is 0 Å². The Morgan fingerprint density at radius 1 is 1.67 bits per heavy atom. The van der Waals surface area contributed by atoms with Gasteiger partial charge in [-0.3, -0.25) is 0 Å². The topological polar surface area (TPSA) is 40.1 Å². The van der Waals surface area contributed by atoms with E-state index in [4.69, 9.17) is 0 Å². The Balaban J connectivity index is 0. The average Bonchev–Trinajstić information content (AvgIpc) is 1.67. The van der Waals surface area contributed by atoms with Gasteiger partial charge >= 0.3 is 29.6 Å². The summed E-state index contributed by atoms with van der Waals surface area (Å²) in [4.78, 5) is 9.39. The second kappa shape index (κ2) is 4.19. The average molecular weight is 146 g/mol. The minimum absolute atomic E-state index is 0. The van der Waals surface area contributed by atoms with Crippen LogP contribution in [0.4, 0.5) is 8.78 Å². The van der Waals surface area contributed by atoms with Gasteiger partial charge in [0.05, 0.1) is 0 Å². The first-order valence-electron chi connectivity index (χ1n) is 2.10. The summed E-state index contributed by atoms with van der Waals surface area (Å²) in [5.41, 5.74) is 0. The van der Waals surface area contributed by atoms with Crippen molar-refractivity contribution in [1.29, 1.82) is 0 Å². The van der Waals surface area contributed by atoms with E-state index < -0.39 is 18.3 Å². The van der Waals surface area contributed by atoms with Crippen molar-refractivity contribution in [2.75, 3.05) is 0 Å². The van der Waals surface area contributed by atoms with E-state index in [9.17, 15) is 18.7 Å². The number of carbonyl (C=O) groups is 1. The fourth-order valence-electron chi connectivity index (χ4n) is 0.144. The summed E-state index contributed by atoms with van der Waals surface area (Å²) in [5, 5.41) is 9.39. The Morgan fingerprint density at radius 3 is 2.00 bits per heavy atom. The number of carbonyl (C=O) groups excluding carboxylic acids is 1. The maximum atomic E-state index is 11.6. The van der Waals surface area contributed by atoms with Crippen molar-refractivity contribution in [1.82, 2.24) is 0 Å². The summed E-state index contributed by atoms with van der Waals surface area (Å²) in [5.74, 6) is -5.96. The summed E-state index contributed by atoms with van der Waals surface area (Å²) < 4.78 is 23.2. The van der Waals surface area contributed by atoms with Crippen LogP contribution in [0, 0.1) is 0 Å². The molecule has 0 N–H and O–H groups in total. The van der Waals surface area contributed by atoms with Crippen molar-refractivity contribution in [3.63, 3.8) is 0 Å². The number of carboxylic acids is 1. The smallest absolute Gasteiger partial charge is 0.544 e. The van der Waals surface area contributed by atoms with Gasteiger partial charge in [-0.15, -0.1) is 0 Å². The van der Waals surface area contributed by atoms with Crippen LogP contribution in [0.5, 0.6) is 0 Å². The molecule has 5 heteroatoms. The molecule has 0 fully saturated rings. The molecule has 48 valence electrons. The van der Waals surface area contributed by atoms with Crippen molar-refractivity contribution in [2.24, 2.45) is 0 Å². The number of alkyl halides is 2. The maximum Gasteiger partial charge on any atom is 1.00 e. The zero-order chi connectivity index (χ0) is 6.78. The normalized spacial score (nSPS) is 10.1. The second-order valence-corrected chi connectivity index (χ2v) is 1.35. The van der Waals surface area contributed by atoms with Gasteiger partial charge in [-0.05, 0) is 0 Å². The third-order valence-electron chi connectivity index (χ3n) is 0.743. The molecule has 0 atom stereocenters. The Kier molecular flexibility index (Phi) is 5.62. The molecule has 0 aliphatic carbocycles. The molecule has 0 aliphatic heterocycles. The van der Waals surface area contributed by atoms with Crippen LogP contribution >= 0.6 is 0 Å². The monoisotopic (exact) mass is 146 g/mol. The fourth-order valence-corrected chi connectivity index (χ4v) is 0.144. The van der Waals surface area contributed by atoms with Gasteiger partial charge < -0.3 is 9.90 Å². The van der Waals surface area contributed by atoms with Gasteiger partial charge in [0.25, 0.3) is 5.92 Å². The molecule has 0 saturated carbocycles. The molecule has 0 saturated heterocycles. The molecule has 0 heterocycles. The minimum Gasteiger partial charge on any atom is -0.544 e. The third kappa shape index (κ3) is 3.83. The van der Waals surface area contributed by atoms with Crippen LogP contribution in [-0.2, 0) is 4.79 Å². The van der Waals surface area contributed by atoms with Crippen LogP contribution < -0.4 is 34.7 Å². The number of carboxylic acid groups (broad SMARTS) is 1. The van der Waals surface area contributed by atoms with Gasteiger partial charge in [0.2, 0.25) is 0 Å². The van der Waals surface area contributed by atoms with E-state index >= 15 is 0 Å². The Bertz CT molecular complexity index is 105. The summed E-state index contributed by atoms with van der Waals surface area (Å²) >= 11 is 0. The zero-order valence-corrected chi connectivity index (χ0v) is 7.28. The summed E-state index contributed by atoms with van der Waals surface area (Å²) in [7, 11) is 0. The van der Waals surface area contributed by atoms with Gasteiger partial charge in [0, 0.05) is 6.42 Å². The minimum atomic E-state index is -3.65. The Hall–Kier alpha value is 0.330. The van der Waals surface area contributed by atoms with Crippen molar-refractivity contribution in [2.45, 2.75) is 19.3 Å². The first-order chi connectivity index (χ1) is 3.50. The quantitative estimate of drug-likeness (QED) is 0.384. The number of rotatable bonds is 2. The Morgan fingerprint density at radius 2 is 2.00 bits per heavy atom. The number of halogens is 2. The first kappa shape index (κ1) is 12.0. The molecule has 0 aromatic rings. The van der Waals surface area contributed by atoms with Gasteiger partial charge in [-0.25, -0.2) is 8.78 Å². The number of hydrogen-bond donors (Lipinski definition) is 0. The molecule has 9 heavy (non-hydrogen) atoms. The third-order valence-corrected chi connectivity index (χ3v) is 0.743. The fraction of sp³-hybridized carbons (Fsp3) is 0.750. The standard InChI is InChI=1S/C4H6F2O2.Na/c1-2-4(5,6)3(7)8;/h2H2,1H3,(H,7,8);/q;+1/p-1. The zero-order valence-electron chi connectivity index (χ0n) is 5.28. The van der Waals surface area contributed by atoms with E-state index in [1.807, 2.05) is 0 Å². The van der Waals surface area contributed by atoms with Gasteiger partial charge in [-0.1, -0.05) is 6.92 Å². The molecule has 0 spiro atoms. The van der Waals surface area contributed by atoms with Crippen molar-refractivity contribution < 1.29 is 48.2 Å². The van der Waals surface area contributed by atoms with E-state index in [1.54, 1.807) is 0 Å². The largest absolute Gasteiger partial charge is 1.00 e. The first-order valence-corrected chi connectivity index (χ1v) is 2.10. The molecular formula is C4H5F2NaO2. The van der Waals surface area contributed by atoms with Crippen LogP contribution in [-0.4, -0.2) is 11.9 Å². The second-order valence-electron chi connectivity index (χ2n) is 1.35. The Labute approximate surface area is 73.5 Å². The van der Waals surface area contributed by atoms with Crippen molar-refractivity contribution >= 4 is 5.97 Å². The molecule has 0 aromatic heterocycles. The molecule has 0 aromatic carbocycles. The molecule has 0 amide bonds.